The highest BCUT2D eigenvalue weighted by Gasteiger charge is 2.31. The van der Waals surface area contributed by atoms with Gasteiger partial charge >= 0.3 is 5.97 Å². The molecule has 0 spiro atoms. The van der Waals surface area contributed by atoms with Crippen LogP contribution in [0.1, 0.15) is 33.1 Å². The molecular weight excluding hydrogens is 144 g/mol. The van der Waals surface area contributed by atoms with E-state index in [9.17, 15) is 4.79 Å². The third kappa shape index (κ3) is 2.89. The Labute approximate surface area is 67.0 Å². The normalized spacial score (nSPS) is 15.9. The first-order valence-corrected chi connectivity index (χ1v) is 3.91. The third-order valence-corrected chi connectivity index (χ3v) is 1.95. The van der Waals surface area contributed by atoms with Gasteiger partial charge in [-0.25, -0.2) is 0 Å². The van der Waals surface area contributed by atoms with Gasteiger partial charge in [-0.15, -0.1) is 0 Å². The van der Waals surface area contributed by atoms with Gasteiger partial charge in [-0.2, -0.15) is 0 Å². The van der Waals surface area contributed by atoms with Crippen molar-refractivity contribution in [2.45, 2.75) is 33.1 Å². The van der Waals surface area contributed by atoms with Crippen LogP contribution < -0.4 is 0 Å². The maximum atomic E-state index is 10.6. The molecule has 0 aliphatic heterocycles. The highest BCUT2D eigenvalue weighted by Crippen LogP contribution is 2.23. The molecule has 0 amide bonds. The summed E-state index contributed by atoms with van der Waals surface area (Å²) in [7, 11) is 0. The summed E-state index contributed by atoms with van der Waals surface area (Å²) in [5.74, 6) is -0.909. The van der Waals surface area contributed by atoms with Crippen LogP contribution in [0, 0.1) is 5.41 Å². The molecule has 0 aliphatic carbocycles. The summed E-state index contributed by atoms with van der Waals surface area (Å²) in [5, 5.41) is 17.5. The zero-order chi connectivity index (χ0) is 8.91. The molecule has 0 aromatic heterocycles. The maximum Gasteiger partial charge on any atom is 0.311 e. The van der Waals surface area contributed by atoms with Gasteiger partial charge < -0.3 is 10.2 Å². The van der Waals surface area contributed by atoms with E-state index in [2.05, 4.69) is 0 Å². The molecule has 2 N–H and O–H groups in total. The van der Waals surface area contributed by atoms with Crippen molar-refractivity contribution in [1.82, 2.24) is 0 Å². The lowest BCUT2D eigenvalue weighted by atomic mass is 9.86. The Balaban J connectivity index is 3.99. The largest absolute Gasteiger partial charge is 0.481 e. The predicted molar refractivity (Wildman–Crippen MR) is 42.4 cm³/mol. The van der Waals surface area contributed by atoms with Gasteiger partial charge in [0.1, 0.15) is 0 Å². The molecule has 11 heavy (non-hydrogen) atoms. The summed E-state index contributed by atoms with van der Waals surface area (Å²) >= 11 is 0. The van der Waals surface area contributed by atoms with Crippen molar-refractivity contribution in [3.63, 3.8) is 0 Å². The number of carboxylic acids is 1. The minimum Gasteiger partial charge on any atom is -0.481 e. The molecule has 0 bridgehead atoms. The van der Waals surface area contributed by atoms with Gasteiger partial charge in [0.2, 0.25) is 0 Å². The van der Waals surface area contributed by atoms with Crippen LogP contribution in [0.25, 0.3) is 0 Å². The second-order valence-electron chi connectivity index (χ2n) is 3.13. The fraction of sp³-hybridized carbons (Fsp3) is 0.875. The molecule has 0 rings (SSSR count). The van der Waals surface area contributed by atoms with Crippen LogP contribution in [0.15, 0.2) is 0 Å². The number of unbranched alkanes of at least 4 members (excludes halogenated alkanes) is 1. The van der Waals surface area contributed by atoms with Crippen LogP contribution in [0.4, 0.5) is 0 Å². The second kappa shape index (κ2) is 4.34. The van der Waals surface area contributed by atoms with E-state index in [1.54, 1.807) is 6.92 Å². The molecule has 3 heteroatoms. The number of rotatable bonds is 5. The number of carbonyl (C=O) groups is 1. The van der Waals surface area contributed by atoms with Crippen LogP contribution in [0.3, 0.4) is 0 Å². The molecule has 0 heterocycles. The topological polar surface area (TPSA) is 57.5 Å². The standard InChI is InChI=1S/C8H16O3/c1-3-4-5-8(2,6-9)7(10)11/h9H,3-6H2,1-2H3,(H,10,11). The summed E-state index contributed by atoms with van der Waals surface area (Å²) in [6.45, 7) is 3.30. The highest BCUT2D eigenvalue weighted by molar-refractivity contribution is 5.74. The average molecular weight is 160 g/mol. The highest BCUT2D eigenvalue weighted by atomic mass is 16.4. The van der Waals surface area contributed by atoms with E-state index in [1.807, 2.05) is 6.92 Å². The molecule has 1 atom stereocenters. The Hall–Kier alpha value is -0.570. The number of aliphatic carboxylic acids is 1. The average Bonchev–Trinajstić information content (AvgIpc) is 2.00. The molecular formula is C8H16O3. The smallest absolute Gasteiger partial charge is 0.311 e. The second-order valence-corrected chi connectivity index (χ2v) is 3.13. The number of aliphatic hydroxyl groups excluding tert-OH is 1. The third-order valence-electron chi connectivity index (χ3n) is 1.95. The van der Waals surface area contributed by atoms with Gasteiger partial charge in [0.05, 0.1) is 12.0 Å². The molecule has 1 unspecified atom stereocenters. The first-order valence-electron chi connectivity index (χ1n) is 3.91. The molecule has 0 aliphatic rings. The van der Waals surface area contributed by atoms with Crippen molar-refractivity contribution in [3.05, 3.63) is 0 Å². The molecule has 66 valence electrons. The Morgan fingerprint density at radius 2 is 2.09 bits per heavy atom. The summed E-state index contributed by atoms with van der Waals surface area (Å²) in [6, 6.07) is 0. The molecule has 3 nitrogen and oxygen atoms in total. The maximum absolute atomic E-state index is 10.6. The SMILES string of the molecule is CCCCC(C)(CO)C(=O)O. The van der Waals surface area contributed by atoms with Crippen molar-refractivity contribution in [2.24, 2.45) is 5.41 Å². The molecule has 0 saturated heterocycles. The van der Waals surface area contributed by atoms with Crippen LogP contribution >= 0.6 is 0 Å². The van der Waals surface area contributed by atoms with Gasteiger partial charge in [0.15, 0.2) is 0 Å². The van der Waals surface area contributed by atoms with E-state index in [0.29, 0.717) is 6.42 Å². The van der Waals surface area contributed by atoms with Crippen molar-refractivity contribution in [2.75, 3.05) is 6.61 Å². The number of aliphatic hydroxyl groups is 1. The summed E-state index contributed by atoms with van der Waals surface area (Å²) in [5.41, 5.74) is -0.935. The minimum atomic E-state index is -0.935. The van der Waals surface area contributed by atoms with Crippen molar-refractivity contribution < 1.29 is 15.0 Å². The Morgan fingerprint density at radius 1 is 1.55 bits per heavy atom. The van der Waals surface area contributed by atoms with Gasteiger partial charge in [-0.05, 0) is 13.3 Å². The van der Waals surface area contributed by atoms with E-state index in [1.165, 1.54) is 0 Å². The van der Waals surface area contributed by atoms with Crippen molar-refractivity contribution in [1.29, 1.82) is 0 Å². The quantitative estimate of drug-likeness (QED) is 0.636. The Kier molecular flexibility index (Phi) is 4.11. The van der Waals surface area contributed by atoms with Gasteiger partial charge in [0.25, 0.3) is 0 Å². The van der Waals surface area contributed by atoms with E-state index in [0.717, 1.165) is 12.8 Å². The monoisotopic (exact) mass is 160 g/mol. The van der Waals surface area contributed by atoms with Crippen LogP contribution in [0.2, 0.25) is 0 Å². The Bertz CT molecular complexity index is 133. The Morgan fingerprint density at radius 3 is 2.36 bits per heavy atom. The van der Waals surface area contributed by atoms with E-state index < -0.39 is 11.4 Å². The molecule has 0 fully saturated rings. The van der Waals surface area contributed by atoms with E-state index in [4.69, 9.17) is 10.2 Å². The molecule has 0 aromatic rings. The minimum absolute atomic E-state index is 0.275. The number of carboxylic acid groups (broad SMARTS) is 1. The fourth-order valence-corrected chi connectivity index (χ4v) is 0.821. The summed E-state index contributed by atoms with van der Waals surface area (Å²) in [6.07, 6.45) is 2.36. The summed E-state index contributed by atoms with van der Waals surface area (Å²) < 4.78 is 0. The molecule has 0 aromatic carbocycles. The summed E-state index contributed by atoms with van der Waals surface area (Å²) in [4.78, 5) is 10.6. The first-order chi connectivity index (χ1) is 5.06. The lowest BCUT2D eigenvalue weighted by Crippen LogP contribution is -2.31. The van der Waals surface area contributed by atoms with Crippen molar-refractivity contribution >= 4 is 5.97 Å². The van der Waals surface area contributed by atoms with Gasteiger partial charge in [0, 0.05) is 0 Å². The van der Waals surface area contributed by atoms with Crippen LogP contribution in [-0.2, 0) is 4.79 Å². The number of hydrogen-bond acceptors (Lipinski definition) is 2. The van der Waals surface area contributed by atoms with E-state index in [-0.39, 0.29) is 6.61 Å². The van der Waals surface area contributed by atoms with Gasteiger partial charge in [-0.3, -0.25) is 4.79 Å². The fourth-order valence-electron chi connectivity index (χ4n) is 0.821. The lowest BCUT2D eigenvalue weighted by molar-refractivity contribution is -0.150. The van der Waals surface area contributed by atoms with Gasteiger partial charge in [-0.1, -0.05) is 19.8 Å². The molecule has 0 saturated carbocycles. The van der Waals surface area contributed by atoms with Crippen LogP contribution in [-0.4, -0.2) is 22.8 Å². The predicted octanol–water partition coefficient (Wildman–Crippen LogP) is 1.26. The first kappa shape index (κ1) is 10.4. The lowest BCUT2D eigenvalue weighted by Gasteiger charge is -2.21. The zero-order valence-electron chi connectivity index (χ0n) is 7.13. The number of hydrogen-bond donors (Lipinski definition) is 2. The zero-order valence-corrected chi connectivity index (χ0v) is 7.13. The van der Waals surface area contributed by atoms with E-state index >= 15 is 0 Å². The molecule has 0 radical (unpaired) electrons. The van der Waals surface area contributed by atoms with Crippen molar-refractivity contribution in [3.8, 4) is 0 Å². The van der Waals surface area contributed by atoms with Crippen LogP contribution in [0.5, 0.6) is 0 Å².